The minimum atomic E-state index is -1.25. The number of aliphatic hydroxyl groups is 1. The first kappa shape index (κ1) is 31.4. The Hall–Kier alpha value is -2.57. The summed E-state index contributed by atoms with van der Waals surface area (Å²) in [6.07, 6.45) is 2.55. The molecule has 34 heavy (non-hydrogen) atoms. The molecule has 2 atom stereocenters. The molecule has 5 N–H and O–H groups in total. The summed E-state index contributed by atoms with van der Waals surface area (Å²) in [4.78, 5) is 57.4. The molecule has 0 bridgehead atoms. The summed E-state index contributed by atoms with van der Waals surface area (Å²) in [6.45, 7) is 3.89. The van der Waals surface area contributed by atoms with Crippen LogP contribution in [-0.4, -0.2) is 91.9 Å². The van der Waals surface area contributed by atoms with Gasteiger partial charge in [-0.2, -0.15) is 0 Å². The van der Waals surface area contributed by atoms with E-state index >= 15 is 0 Å². The number of carbonyl (C=O) groups is 5. The highest BCUT2D eigenvalue weighted by atomic mass is 16.5. The predicted octanol–water partition coefficient (Wildman–Crippen LogP) is -0.621. The summed E-state index contributed by atoms with van der Waals surface area (Å²) < 4.78 is 10.3. The van der Waals surface area contributed by atoms with E-state index in [1.807, 2.05) is 6.92 Å². The van der Waals surface area contributed by atoms with Crippen molar-refractivity contribution in [1.82, 2.24) is 16.0 Å². The number of ketones is 1. The van der Waals surface area contributed by atoms with E-state index in [0.29, 0.717) is 39.0 Å². The molecule has 0 saturated heterocycles. The first-order chi connectivity index (χ1) is 16.2. The minimum Gasteiger partial charge on any atom is -0.480 e. The second kappa shape index (κ2) is 19.9. The number of carboxylic acid groups (broad SMARTS) is 1. The number of nitrogens with one attached hydrogen (secondary N) is 3. The molecular formula is C22H39N3O9. The predicted molar refractivity (Wildman–Crippen MR) is 122 cm³/mol. The number of hydrogen-bond donors (Lipinski definition) is 5. The van der Waals surface area contributed by atoms with Gasteiger partial charge in [0.15, 0.2) is 5.78 Å². The number of carboxylic acids is 1. The molecule has 12 nitrogen and oxygen atoms in total. The molecule has 0 aromatic heterocycles. The number of aliphatic carboxylic acids is 1. The van der Waals surface area contributed by atoms with Crippen LogP contribution in [0.1, 0.15) is 52.4 Å². The molecule has 0 fully saturated rings. The van der Waals surface area contributed by atoms with Gasteiger partial charge < -0.3 is 35.6 Å². The van der Waals surface area contributed by atoms with Crippen molar-refractivity contribution in [2.75, 3.05) is 46.1 Å². The highest BCUT2D eigenvalue weighted by Gasteiger charge is 2.21. The van der Waals surface area contributed by atoms with E-state index in [1.165, 1.54) is 6.92 Å². The van der Waals surface area contributed by atoms with Crippen molar-refractivity contribution in [1.29, 1.82) is 0 Å². The fraction of sp³-hybridized carbons (Fsp3) is 0.773. The van der Waals surface area contributed by atoms with Gasteiger partial charge in [0.05, 0.1) is 19.8 Å². The van der Waals surface area contributed by atoms with Gasteiger partial charge in [0.1, 0.15) is 19.3 Å². The number of aliphatic hydroxyl groups excluding tert-OH is 1. The Labute approximate surface area is 200 Å². The Kier molecular flexibility index (Phi) is 18.4. The molecule has 0 aromatic rings. The zero-order chi connectivity index (χ0) is 25.8. The van der Waals surface area contributed by atoms with Gasteiger partial charge in [0, 0.05) is 32.4 Å². The molecule has 12 heteroatoms. The third-order valence-corrected chi connectivity index (χ3v) is 4.92. The van der Waals surface area contributed by atoms with Gasteiger partial charge in [-0.1, -0.05) is 13.3 Å². The summed E-state index contributed by atoms with van der Waals surface area (Å²) in [5.41, 5.74) is 0. The number of hydrogen-bond acceptors (Lipinski definition) is 8. The van der Waals surface area contributed by atoms with Crippen LogP contribution in [0, 0.1) is 5.92 Å². The van der Waals surface area contributed by atoms with E-state index in [1.54, 1.807) is 0 Å². The molecule has 3 amide bonds. The maximum atomic E-state index is 12.0. The number of unbranched alkanes of at least 4 members (excludes halogenated alkanes) is 1. The number of ether oxygens (including phenoxy) is 2. The molecular weight excluding hydrogens is 450 g/mol. The molecule has 0 radical (unpaired) electrons. The molecule has 1 unspecified atom stereocenters. The first-order valence-electron chi connectivity index (χ1n) is 11.5. The summed E-state index contributed by atoms with van der Waals surface area (Å²) in [7, 11) is 0. The Balaban J connectivity index is 3.98. The molecule has 0 aliphatic carbocycles. The van der Waals surface area contributed by atoms with Gasteiger partial charge in [-0.3, -0.25) is 19.2 Å². The van der Waals surface area contributed by atoms with Crippen molar-refractivity contribution in [3.63, 3.8) is 0 Å². The van der Waals surface area contributed by atoms with E-state index in [9.17, 15) is 29.1 Å². The highest BCUT2D eigenvalue weighted by molar-refractivity contribution is 5.85. The van der Waals surface area contributed by atoms with Crippen molar-refractivity contribution in [2.45, 2.75) is 58.4 Å². The lowest BCUT2D eigenvalue weighted by Gasteiger charge is -2.15. The van der Waals surface area contributed by atoms with Crippen molar-refractivity contribution in [3.8, 4) is 0 Å². The van der Waals surface area contributed by atoms with Crippen LogP contribution in [0.2, 0.25) is 0 Å². The lowest BCUT2D eigenvalue weighted by atomic mass is 9.95. The highest BCUT2D eigenvalue weighted by Crippen LogP contribution is 2.13. The summed E-state index contributed by atoms with van der Waals surface area (Å²) in [5, 5.41) is 25.8. The monoisotopic (exact) mass is 489 g/mol. The van der Waals surface area contributed by atoms with Crippen molar-refractivity contribution < 1.29 is 43.7 Å². The van der Waals surface area contributed by atoms with Gasteiger partial charge in [-0.25, -0.2) is 4.79 Å². The fourth-order valence-corrected chi connectivity index (χ4v) is 3.01. The SMILES string of the molecule is CC[C@@H](CCCCNC(=O)CCC(NC(=O)COCCOCCNC(C)=O)C(=O)O)C(=O)CO. The number of amides is 3. The zero-order valence-corrected chi connectivity index (χ0v) is 20.1. The molecule has 0 saturated carbocycles. The van der Waals surface area contributed by atoms with Crippen LogP contribution >= 0.6 is 0 Å². The van der Waals surface area contributed by atoms with Gasteiger partial charge in [0.25, 0.3) is 0 Å². The largest absolute Gasteiger partial charge is 0.480 e. The topological polar surface area (TPSA) is 180 Å². The first-order valence-corrected chi connectivity index (χ1v) is 11.5. The van der Waals surface area contributed by atoms with E-state index < -0.39 is 24.5 Å². The van der Waals surface area contributed by atoms with Crippen LogP contribution < -0.4 is 16.0 Å². The van der Waals surface area contributed by atoms with Crippen LogP contribution in [0.25, 0.3) is 0 Å². The normalized spacial score (nSPS) is 12.4. The Morgan fingerprint density at radius 3 is 2.21 bits per heavy atom. The van der Waals surface area contributed by atoms with Crippen LogP contribution in [0.4, 0.5) is 0 Å². The quantitative estimate of drug-likeness (QED) is 0.131. The summed E-state index contributed by atoms with van der Waals surface area (Å²) in [6, 6.07) is -1.22. The van der Waals surface area contributed by atoms with Crippen molar-refractivity contribution in [2.24, 2.45) is 5.92 Å². The van der Waals surface area contributed by atoms with Crippen LogP contribution in [0.15, 0.2) is 0 Å². The van der Waals surface area contributed by atoms with Crippen molar-refractivity contribution >= 4 is 29.5 Å². The minimum absolute atomic E-state index is 0.0674. The Morgan fingerprint density at radius 1 is 0.882 bits per heavy atom. The summed E-state index contributed by atoms with van der Waals surface area (Å²) in [5.74, 6) is -2.70. The second-order valence-corrected chi connectivity index (χ2v) is 7.72. The third kappa shape index (κ3) is 17.0. The van der Waals surface area contributed by atoms with E-state index in [2.05, 4.69) is 16.0 Å². The van der Waals surface area contributed by atoms with Crippen LogP contribution in [-0.2, 0) is 33.4 Å². The maximum Gasteiger partial charge on any atom is 0.326 e. The third-order valence-electron chi connectivity index (χ3n) is 4.92. The van der Waals surface area contributed by atoms with Gasteiger partial charge in [-0.15, -0.1) is 0 Å². The van der Waals surface area contributed by atoms with E-state index in [4.69, 9.17) is 14.6 Å². The van der Waals surface area contributed by atoms with Crippen molar-refractivity contribution in [3.05, 3.63) is 0 Å². The molecule has 0 heterocycles. The molecule has 0 rings (SSSR count). The Morgan fingerprint density at radius 2 is 1.59 bits per heavy atom. The number of rotatable bonds is 21. The maximum absolute atomic E-state index is 12.0. The average Bonchev–Trinajstić information content (AvgIpc) is 2.79. The lowest BCUT2D eigenvalue weighted by molar-refractivity contribution is -0.143. The molecule has 0 aliphatic heterocycles. The number of carbonyl (C=O) groups excluding carboxylic acids is 4. The fourth-order valence-electron chi connectivity index (χ4n) is 3.01. The molecule has 196 valence electrons. The van der Waals surface area contributed by atoms with Gasteiger partial charge >= 0.3 is 5.97 Å². The second-order valence-electron chi connectivity index (χ2n) is 7.72. The molecule has 0 spiro atoms. The van der Waals surface area contributed by atoms with E-state index in [-0.39, 0.29) is 56.2 Å². The smallest absolute Gasteiger partial charge is 0.326 e. The van der Waals surface area contributed by atoms with Crippen LogP contribution in [0.5, 0.6) is 0 Å². The lowest BCUT2D eigenvalue weighted by Crippen LogP contribution is -2.43. The Bertz CT molecular complexity index is 643. The number of Topliss-reactive ketones (excluding diaryl/α,β-unsaturated/α-hetero) is 1. The summed E-state index contributed by atoms with van der Waals surface area (Å²) >= 11 is 0. The molecule has 0 aromatic carbocycles. The molecule has 0 aliphatic rings. The average molecular weight is 490 g/mol. The van der Waals surface area contributed by atoms with Gasteiger partial charge in [0.2, 0.25) is 17.7 Å². The van der Waals surface area contributed by atoms with Gasteiger partial charge in [-0.05, 0) is 25.7 Å². The van der Waals surface area contributed by atoms with Crippen LogP contribution in [0.3, 0.4) is 0 Å². The standard InChI is InChI=1S/C22H39N3O9/c1-3-17(19(28)14-26)6-4-5-9-24-20(29)8-7-18(22(31)32)25-21(30)15-34-13-12-33-11-10-23-16(2)27/h17-18,26H,3-15H2,1-2H3,(H,23,27)(H,24,29)(H,25,30)(H,31,32)/t17-,18?/m0/s1. The van der Waals surface area contributed by atoms with E-state index in [0.717, 1.165) is 6.42 Å². The zero-order valence-electron chi connectivity index (χ0n) is 20.1.